The maximum Gasteiger partial charge on any atom is 0.338 e. The molecule has 6 aromatic carbocycles. The van der Waals surface area contributed by atoms with Crippen molar-refractivity contribution in [3.8, 4) is 0 Å². The molecule has 6 aromatic rings. The summed E-state index contributed by atoms with van der Waals surface area (Å²) in [7, 11) is 1.21. The van der Waals surface area contributed by atoms with Crippen molar-refractivity contribution in [1.29, 1.82) is 0 Å². The van der Waals surface area contributed by atoms with E-state index in [0.717, 1.165) is 4.90 Å². The van der Waals surface area contributed by atoms with Crippen molar-refractivity contribution < 1.29 is 81.4 Å². The molecular formula is C57H48N2O17. The molecule has 0 radical (unpaired) electrons. The van der Waals surface area contributed by atoms with E-state index in [0.29, 0.717) is 6.29 Å². The van der Waals surface area contributed by atoms with Crippen LogP contribution in [0.2, 0.25) is 0 Å². The highest BCUT2D eigenvalue weighted by atomic mass is 16.7. The van der Waals surface area contributed by atoms with E-state index in [-0.39, 0.29) is 44.5 Å². The van der Waals surface area contributed by atoms with Crippen LogP contribution in [0.4, 0.5) is 0 Å². The maximum absolute atomic E-state index is 14.5. The van der Waals surface area contributed by atoms with E-state index in [9.17, 15) is 43.5 Å². The van der Waals surface area contributed by atoms with Gasteiger partial charge in [-0.3, -0.25) is 24.1 Å². The van der Waals surface area contributed by atoms with Crippen LogP contribution in [0.25, 0.3) is 0 Å². The Bertz CT molecular complexity index is 3050. The number of amides is 3. The van der Waals surface area contributed by atoms with Crippen LogP contribution in [0, 0.1) is 0 Å². The van der Waals surface area contributed by atoms with E-state index in [1.165, 1.54) is 92.0 Å². The Labute approximate surface area is 434 Å². The molecule has 2 fully saturated rings. The Morgan fingerprint density at radius 1 is 0.553 bits per heavy atom. The first kappa shape index (κ1) is 52.2. The number of nitrogens with zero attached hydrogens (tertiary/aromatic N) is 1. The summed E-state index contributed by atoms with van der Waals surface area (Å²) in [6.45, 7) is -1.42. The molecule has 0 spiro atoms. The number of nitrogens with one attached hydrogen (secondary N) is 1. The molecule has 388 valence electrons. The number of hydrogen-bond donors (Lipinski definition) is 2. The highest BCUT2D eigenvalue weighted by Crippen LogP contribution is 2.38. The lowest BCUT2D eigenvalue weighted by Gasteiger charge is -2.50. The summed E-state index contributed by atoms with van der Waals surface area (Å²) in [5, 5.41) is 15.0. The molecule has 19 heteroatoms. The van der Waals surface area contributed by atoms with Gasteiger partial charge in [0, 0.05) is 18.2 Å². The van der Waals surface area contributed by atoms with Gasteiger partial charge in [-0.05, 0) is 66.7 Å². The lowest BCUT2D eigenvalue weighted by molar-refractivity contribution is -0.332. The van der Waals surface area contributed by atoms with E-state index in [1.54, 1.807) is 84.9 Å². The highest BCUT2D eigenvalue weighted by molar-refractivity contribution is 6.21. The van der Waals surface area contributed by atoms with Gasteiger partial charge in [0.2, 0.25) is 0 Å². The van der Waals surface area contributed by atoms with E-state index in [2.05, 4.69) is 5.32 Å². The largest absolute Gasteiger partial charge is 0.459 e. The summed E-state index contributed by atoms with van der Waals surface area (Å²) in [6, 6.07) is 39.3. The minimum atomic E-state index is -1.99. The van der Waals surface area contributed by atoms with Crippen LogP contribution in [0.1, 0.15) is 82.9 Å². The van der Waals surface area contributed by atoms with Gasteiger partial charge in [0.05, 0.1) is 33.4 Å². The van der Waals surface area contributed by atoms with Crippen LogP contribution in [0.15, 0.2) is 170 Å². The minimum absolute atomic E-state index is 0.00539. The number of carbonyl (C=O) groups is 8. The first-order valence-electron chi connectivity index (χ1n) is 23.9. The third-order valence-corrected chi connectivity index (χ3v) is 12.8. The third-order valence-electron chi connectivity index (χ3n) is 12.8. The van der Waals surface area contributed by atoms with Crippen molar-refractivity contribution in [2.24, 2.45) is 0 Å². The quantitative estimate of drug-likeness (QED) is 0.0511. The van der Waals surface area contributed by atoms with E-state index >= 15 is 0 Å². The zero-order valence-corrected chi connectivity index (χ0v) is 40.4. The van der Waals surface area contributed by atoms with Gasteiger partial charge in [0.1, 0.15) is 49.7 Å². The number of fused-ring (bicyclic) bond motifs is 1. The van der Waals surface area contributed by atoms with Gasteiger partial charge in [0.25, 0.3) is 17.7 Å². The average molecular weight is 1030 g/mol. The zero-order valence-electron chi connectivity index (χ0n) is 40.4. The lowest BCUT2D eigenvalue weighted by atomic mass is 9.93. The number of aldehydes is 1. The predicted molar refractivity (Wildman–Crippen MR) is 264 cm³/mol. The fraction of sp³-hybridized carbons (Fsp3) is 0.228. The van der Waals surface area contributed by atoms with Crippen LogP contribution in [-0.2, 0) is 37.9 Å². The minimum Gasteiger partial charge on any atom is -0.459 e. The number of hydrogen-bond acceptors (Lipinski definition) is 17. The van der Waals surface area contributed by atoms with Gasteiger partial charge in [-0.1, -0.05) is 103 Å². The van der Waals surface area contributed by atoms with E-state index < -0.39 is 116 Å². The van der Waals surface area contributed by atoms with Crippen LogP contribution in [-0.4, -0.2) is 140 Å². The zero-order chi connectivity index (χ0) is 53.3. The SMILES string of the molecule is COC1OC(COC(=O)c2ccccc2)C(OC2OC(COC(=O)c3ccccc3)C(O)C(OC(=O)c3ccccc3)C2NC(=O)c2ccccc2C=O)C(OC(=O)c2ccccc2)C1N1C(=O)c2ccccc2C1=O. The predicted octanol–water partition coefficient (Wildman–Crippen LogP) is 5.27. The first-order valence-corrected chi connectivity index (χ1v) is 23.9. The normalized spacial score (nSPS) is 23.8. The number of esters is 4. The molecule has 76 heavy (non-hydrogen) atoms. The van der Waals surface area contributed by atoms with Crippen molar-refractivity contribution in [3.63, 3.8) is 0 Å². The number of carbonyl (C=O) groups excluding carboxylic acids is 8. The van der Waals surface area contributed by atoms with Gasteiger partial charge in [-0.25, -0.2) is 19.2 Å². The summed E-state index contributed by atoms with van der Waals surface area (Å²) < 4.78 is 49.6. The van der Waals surface area contributed by atoms with Crippen molar-refractivity contribution in [2.75, 3.05) is 20.3 Å². The lowest BCUT2D eigenvalue weighted by Crippen LogP contribution is -2.70. The number of benzene rings is 6. The number of aliphatic hydroxyl groups is 1. The fourth-order valence-electron chi connectivity index (χ4n) is 9.09. The first-order chi connectivity index (χ1) is 36.9. The maximum atomic E-state index is 14.5. The molecule has 0 aliphatic carbocycles. The summed E-state index contributed by atoms with van der Waals surface area (Å²) in [5.74, 6) is -6.25. The highest BCUT2D eigenvalue weighted by Gasteiger charge is 2.59. The summed E-state index contributed by atoms with van der Waals surface area (Å²) in [6.07, 6.45) is -13.9. The third kappa shape index (κ3) is 11.2. The second kappa shape index (κ2) is 23.7. The number of rotatable bonds is 17. The number of imide groups is 1. The Kier molecular flexibility index (Phi) is 16.2. The molecule has 19 nitrogen and oxygen atoms in total. The van der Waals surface area contributed by atoms with Gasteiger partial charge >= 0.3 is 23.9 Å². The number of ether oxygens (including phenoxy) is 8. The number of methoxy groups -OCH3 is 1. The fourth-order valence-corrected chi connectivity index (χ4v) is 9.09. The molecule has 3 heterocycles. The summed E-state index contributed by atoms with van der Waals surface area (Å²) in [5.41, 5.74) is 0.0956. The van der Waals surface area contributed by atoms with E-state index in [1.807, 2.05) is 0 Å². The molecule has 0 aromatic heterocycles. The smallest absolute Gasteiger partial charge is 0.338 e. The van der Waals surface area contributed by atoms with Crippen molar-refractivity contribution >= 4 is 47.9 Å². The Hall–Kier alpha value is -8.72. The molecule has 0 saturated carbocycles. The molecule has 2 saturated heterocycles. The summed E-state index contributed by atoms with van der Waals surface area (Å²) in [4.78, 5) is 112. The van der Waals surface area contributed by atoms with Gasteiger partial charge < -0.3 is 48.3 Å². The van der Waals surface area contributed by atoms with Gasteiger partial charge in [-0.2, -0.15) is 0 Å². The molecule has 0 bridgehead atoms. The topological polar surface area (TPSA) is 246 Å². The molecule has 10 atom stereocenters. The van der Waals surface area contributed by atoms with Crippen molar-refractivity contribution in [1.82, 2.24) is 10.2 Å². The van der Waals surface area contributed by atoms with E-state index in [4.69, 9.17) is 37.9 Å². The molecule has 3 amide bonds. The van der Waals surface area contributed by atoms with Gasteiger partial charge in [0.15, 0.2) is 31.1 Å². The Morgan fingerprint density at radius 3 is 1.49 bits per heavy atom. The second-order valence-electron chi connectivity index (χ2n) is 17.5. The van der Waals surface area contributed by atoms with Crippen molar-refractivity contribution in [3.05, 3.63) is 214 Å². The van der Waals surface area contributed by atoms with Crippen LogP contribution in [0.3, 0.4) is 0 Å². The van der Waals surface area contributed by atoms with Crippen LogP contribution >= 0.6 is 0 Å². The average Bonchev–Trinajstić information content (AvgIpc) is 3.75. The number of aliphatic hydroxyl groups excluding tert-OH is 1. The molecule has 10 unspecified atom stereocenters. The Morgan fingerprint density at radius 2 is 0.987 bits per heavy atom. The second-order valence-corrected chi connectivity index (χ2v) is 17.5. The van der Waals surface area contributed by atoms with Crippen LogP contribution < -0.4 is 5.32 Å². The molecule has 3 aliphatic rings. The van der Waals surface area contributed by atoms with Crippen molar-refractivity contribution in [2.45, 2.75) is 61.3 Å². The molecular weight excluding hydrogens is 985 g/mol. The van der Waals surface area contributed by atoms with Crippen LogP contribution in [0.5, 0.6) is 0 Å². The molecule has 3 aliphatic heterocycles. The summed E-state index contributed by atoms with van der Waals surface area (Å²) >= 11 is 0. The monoisotopic (exact) mass is 1030 g/mol. The standard InChI is InChI=1S/C57H48N2O17/c1-69-57-44(59-50(63)39-28-16-17-29-40(39)51(59)64)48(75-55(68)36-24-12-5-13-25-36)46(42(73-57)32-71-53(66)34-20-8-3-9-21-34)76-56-43(58-49(62)38-27-15-14-26-37(38)30-60)47(74-54(67)35-22-10-4-11-23-35)45(61)41(72-56)31-70-52(65)33-18-6-2-7-19-33/h2-30,41-48,56-57,61H,31-32H2,1H3,(H,58,62). The molecule has 9 rings (SSSR count). The molecule has 2 N–H and O–H groups in total. The Balaban J connectivity index is 1.18. The van der Waals surface area contributed by atoms with Gasteiger partial charge in [-0.15, -0.1) is 0 Å².